The number of hydrogen-bond donors (Lipinski definition) is 2. The van der Waals surface area contributed by atoms with Crippen LogP contribution in [0, 0.1) is 0 Å². The first-order valence-electron chi connectivity index (χ1n) is 8.55. The van der Waals surface area contributed by atoms with Crippen LogP contribution in [0.2, 0.25) is 5.02 Å². The van der Waals surface area contributed by atoms with Crippen molar-refractivity contribution in [2.24, 2.45) is 7.05 Å². The Morgan fingerprint density at radius 2 is 1.93 bits per heavy atom. The summed E-state index contributed by atoms with van der Waals surface area (Å²) in [5, 5.41) is 17.5. The number of fused-ring (bicyclic) bond motifs is 1. The summed E-state index contributed by atoms with van der Waals surface area (Å²) in [6, 6.07) is 7.43. The Morgan fingerprint density at radius 1 is 1.15 bits per heavy atom. The maximum Gasteiger partial charge on any atom is 0.207 e. The minimum Gasteiger partial charge on any atom is -0.394 e. The Morgan fingerprint density at radius 3 is 2.59 bits per heavy atom. The van der Waals surface area contributed by atoms with E-state index in [1.807, 2.05) is 55.0 Å². The van der Waals surface area contributed by atoms with Crippen molar-refractivity contribution in [2.75, 3.05) is 11.9 Å². The highest BCUT2D eigenvalue weighted by Crippen LogP contribution is 2.29. The molecule has 0 spiro atoms. The molecule has 0 saturated carbocycles. The summed E-state index contributed by atoms with van der Waals surface area (Å²) in [6.45, 7) is 1.91. The van der Waals surface area contributed by atoms with Crippen LogP contribution in [0.5, 0.6) is 0 Å². The molecule has 0 radical (unpaired) electrons. The summed E-state index contributed by atoms with van der Waals surface area (Å²) >= 11 is 6.02. The third kappa shape index (κ3) is 3.39. The third-order valence-electron chi connectivity index (χ3n) is 4.29. The van der Waals surface area contributed by atoms with Gasteiger partial charge in [0.2, 0.25) is 5.95 Å². The van der Waals surface area contributed by atoms with Crippen molar-refractivity contribution >= 4 is 23.1 Å². The Kier molecular flexibility index (Phi) is 4.55. The van der Waals surface area contributed by atoms with Gasteiger partial charge >= 0.3 is 0 Å². The number of anilines is 1. The monoisotopic (exact) mass is 382 g/mol. The molecule has 1 aromatic carbocycles. The number of aryl methyl sites for hydroxylation is 1. The molecular formula is C19H19ClN6O. The van der Waals surface area contributed by atoms with E-state index in [-0.39, 0.29) is 12.6 Å². The molecule has 8 heteroatoms. The van der Waals surface area contributed by atoms with Gasteiger partial charge in [0.05, 0.1) is 35.9 Å². The SMILES string of the molecule is C[C@@H](CO)Nc1ncc2c(-c3cnn(C)c3)nc(-c3ccc(Cl)cc3)cn12. The van der Waals surface area contributed by atoms with Gasteiger partial charge in [-0.25, -0.2) is 9.97 Å². The van der Waals surface area contributed by atoms with Crippen LogP contribution in [-0.2, 0) is 7.05 Å². The first kappa shape index (κ1) is 17.5. The van der Waals surface area contributed by atoms with E-state index in [4.69, 9.17) is 16.6 Å². The van der Waals surface area contributed by atoms with E-state index in [0.29, 0.717) is 11.0 Å². The van der Waals surface area contributed by atoms with Crippen molar-refractivity contribution in [3.8, 4) is 22.5 Å². The highest BCUT2D eigenvalue weighted by Gasteiger charge is 2.16. The molecule has 0 unspecified atom stereocenters. The van der Waals surface area contributed by atoms with E-state index in [9.17, 15) is 5.11 Å². The summed E-state index contributed by atoms with van der Waals surface area (Å²) in [5.41, 5.74) is 4.28. The van der Waals surface area contributed by atoms with Crippen LogP contribution >= 0.6 is 11.6 Å². The lowest BCUT2D eigenvalue weighted by molar-refractivity contribution is 0.281. The average molecular weight is 383 g/mol. The molecule has 1 atom stereocenters. The Balaban J connectivity index is 1.93. The summed E-state index contributed by atoms with van der Waals surface area (Å²) < 4.78 is 3.69. The normalized spacial score (nSPS) is 12.4. The number of nitrogens with one attached hydrogen (secondary N) is 1. The summed E-state index contributed by atoms with van der Waals surface area (Å²) in [5.74, 6) is 0.648. The van der Waals surface area contributed by atoms with Gasteiger partial charge in [0.15, 0.2) is 0 Å². The summed E-state index contributed by atoms with van der Waals surface area (Å²) in [6.07, 6.45) is 7.40. The van der Waals surface area contributed by atoms with E-state index >= 15 is 0 Å². The zero-order chi connectivity index (χ0) is 19.0. The molecule has 138 valence electrons. The summed E-state index contributed by atoms with van der Waals surface area (Å²) in [4.78, 5) is 9.34. The number of nitrogens with zero attached hydrogens (tertiary/aromatic N) is 5. The van der Waals surface area contributed by atoms with Gasteiger partial charge in [0.25, 0.3) is 0 Å². The molecule has 3 heterocycles. The number of hydrogen-bond acceptors (Lipinski definition) is 5. The lowest BCUT2D eigenvalue weighted by Gasteiger charge is -2.13. The van der Waals surface area contributed by atoms with Gasteiger partial charge < -0.3 is 10.4 Å². The standard InChI is InChI=1S/C19H19ClN6O/c1-12(11-27)23-19-21-8-17-18(14-7-22-25(2)9-14)24-16(10-26(17)19)13-3-5-15(20)6-4-13/h3-10,12,27H,11H2,1-2H3,(H,21,23)/t12-/m0/s1. The zero-order valence-corrected chi connectivity index (χ0v) is 15.7. The fourth-order valence-electron chi connectivity index (χ4n) is 2.88. The zero-order valence-electron chi connectivity index (χ0n) is 15.0. The van der Waals surface area contributed by atoms with Gasteiger partial charge in [-0.15, -0.1) is 0 Å². The molecule has 27 heavy (non-hydrogen) atoms. The van der Waals surface area contributed by atoms with Crippen LogP contribution in [0.3, 0.4) is 0 Å². The Hall–Kier alpha value is -2.90. The lowest BCUT2D eigenvalue weighted by atomic mass is 10.1. The van der Waals surface area contributed by atoms with Crippen molar-refractivity contribution in [3.63, 3.8) is 0 Å². The first-order chi connectivity index (χ1) is 13.0. The predicted octanol–water partition coefficient (Wildman–Crippen LogP) is 3.24. The highest BCUT2D eigenvalue weighted by molar-refractivity contribution is 6.30. The first-order valence-corrected chi connectivity index (χ1v) is 8.93. The summed E-state index contributed by atoms with van der Waals surface area (Å²) in [7, 11) is 1.87. The van der Waals surface area contributed by atoms with Crippen LogP contribution in [0.15, 0.2) is 49.1 Å². The maximum atomic E-state index is 9.36. The predicted molar refractivity (Wildman–Crippen MR) is 106 cm³/mol. The smallest absolute Gasteiger partial charge is 0.207 e. The molecule has 4 rings (SSSR count). The molecule has 7 nitrogen and oxygen atoms in total. The second kappa shape index (κ2) is 7.02. The van der Waals surface area contributed by atoms with Gasteiger partial charge in [-0.3, -0.25) is 9.08 Å². The van der Waals surface area contributed by atoms with E-state index < -0.39 is 0 Å². The molecule has 2 N–H and O–H groups in total. The highest BCUT2D eigenvalue weighted by atomic mass is 35.5. The van der Waals surface area contributed by atoms with Crippen LogP contribution in [0.4, 0.5) is 5.95 Å². The molecular weight excluding hydrogens is 364 g/mol. The van der Waals surface area contributed by atoms with E-state index in [1.54, 1.807) is 17.1 Å². The minimum atomic E-state index is -0.121. The molecule has 0 aliphatic rings. The van der Waals surface area contributed by atoms with E-state index in [1.165, 1.54) is 0 Å². The number of aliphatic hydroxyl groups excluding tert-OH is 1. The van der Waals surface area contributed by atoms with Crippen molar-refractivity contribution in [1.29, 1.82) is 0 Å². The van der Waals surface area contributed by atoms with E-state index in [0.717, 1.165) is 28.0 Å². The fraction of sp³-hybridized carbons (Fsp3) is 0.211. The van der Waals surface area contributed by atoms with Gasteiger partial charge in [0, 0.05) is 41.6 Å². The second-order valence-electron chi connectivity index (χ2n) is 6.45. The second-order valence-corrected chi connectivity index (χ2v) is 6.89. The van der Waals surface area contributed by atoms with Crippen LogP contribution < -0.4 is 5.32 Å². The molecule has 0 saturated heterocycles. The van der Waals surface area contributed by atoms with Gasteiger partial charge in [0.1, 0.15) is 0 Å². The molecule has 0 aliphatic heterocycles. The average Bonchev–Trinajstić information content (AvgIpc) is 3.28. The van der Waals surface area contributed by atoms with E-state index in [2.05, 4.69) is 15.4 Å². The van der Waals surface area contributed by atoms with Crippen molar-refractivity contribution < 1.29 is 5.11 Å². The molecule has 0 bridgehead atoms. The number of imidazole rings is 1. The minimum absolute atomic E-state index is 0.0134. The molecule has 0 aliphatic carbocycles. The number of aromatic nitrogens is 5. The van der Waals surface area contributed by atoms with Crippen LogP contribution in [0.25, 0.3) is 28.0 Å². The Bertz CT molecular complexity index is 1090. The van der Waals surface area contributed by atoms with Crippen molar-refractivity contribution in [1.82, 2.24) is 24.1 Å². The Labute approximate surface area is 161 Å². The number of aliphatic hydroxyl groups is 1. The van der Waals surface area contributed by atoms with Gasteiger partial charge in [-0.2, -0.15) is 5.10 Å². The molecule has 0 fully saturated rings. The number of halogens is 1. The maximum absolute atomic E-state index is 9.36. The fourth-order valence-corrected chi connectivity index (χ4v) is 3.01. The molecule has 0 amide bonds. The van der Waals surface area contributed by atoms with Crippen LogP contribution in [-0.4, -0.2) is 41.9 Å². The largest absolute Gasteiger partial charge is 0.394 e. The van der Waals surface area contributed by atoms with Crippen molar-refractivity contribution in [2.45, 2.75) is 13.0 Å². The number of rotatable bonds is 5. The van der Waals surface area contributed by atoms with Gasteiger partial charge in [-0.1, -0.05) is 23.7 Å². The van der Waals surface area contributed by atoms with Crippen molar-refractivity contribution in [3.05, 3.63) is 54.1 Å². The quantitative estimate of drug-likeness (QED) is 0.554. The lowest BCUT2D eigenvalue weighted by Crippen LogP contribution is -2.20. The van der Waals surface area contributed by atoms with Gasteiger partial charge in [-0.05, 0) is 19.1 Å². The molecule has 3 aromatic heterocycles. The van der Waals surface area contributed by atoms with Crippen LogP contribution in [0.1, 0.15) is 6.92 Å². The third-order valence-corrected chi connectivity index (χ3v) is 4.54. The topological polar surface area (TPSA) is 80.3 Å². The molecule has 4 aromatic rings. The number of benzene rings is 1.